The highest BCUT2D eigenvalue weighted by atomic mass is 16.5. The summed E-state index contributed by atoms with van der Waals surface area (Å²) in [7, 11) is 0. The van der Waals surface area contributed by atoms with Gasteiger partial charge >= 0.3 is 0 Å². The second-order valence-electron chi connectivity index (χ2n) is 8.50. The van der Waals surface area contributed by atoms with Crippen LogP contribution in [0.25, 0.3) is 0 Å². The van der Waals surface area contributed by atoms with Crippen molar-refractivity contribution in [3.05, 3.63) is 90.0 Å². The quantitative estimate of drug-likeness (QED) is 0.561. The minimum atomic E-state index is -0.0754. The van der Waals surface area contributed by atoms with Crippen LogP contribution in [0.1, 0.15) is 37.3 Å². The number of fused-ring (bicyclic) bond motifs is 1. The number of rotatable bonds is 7. The average Bonchev–Trinajstić information content (AvgIpc) is 2.80. The third-order valence-corrected chi connectivity index (χ3v) is 5.53. The van der Waals surface area contributed by atoms with Crippen LogP contribution in [0.2, 0.25) is 0 Å². The highest BCUT2D eigenvalue weighted by Gasteiger charge is 2.26. The number of hydrogen-bond acceptors (Lipinski definition) is 3. The number of hydrogen-bond donors (Lipinski definition) is 1. The number of benzene rings is 3. The minimum absolute atomic E-state index is 0.0151. The molecule has 1 heterocycles. The van der Waals surface area contributed by atoms with Crippen molar-refractivity contribution < 1.29 is 14.3 Å². The Balaban J connectivity index is 1.51. The number of nitrogens with zero attached hydrogens (tertiary/aromatic N) is 1. The molecule has 32 heavy (non-hydrogen) atoms. The van der Waals surface area contributed by atoms with Crippen LogP contribution in [0.15, 0.2) is 78.9 Å². The maximum Gasteiger partial charge on any atom is 0.265 e. The summed E-state index contributed by atoms with van der Waals surface area (Å²) in [4.78, 5) is 27.0. The fraction of sp³-hybridized carbons (Fsp3) is 0.259. The molecular formula is C27H28N2O3. The zero-order valence-electron chi connectivity index (χ0n) is 18.5. The van der Waals surface area contributed by atoms with E-state index in [1.54, 1.807) is 11.0 Å². The molecule has 2 amide bonds. The van der Waals surface area contributed by atoms with Crippen LogP contribution in [0.3, 0.4) is 0 Å². The summed E-state index contributed by atoms with van der Waals surface area (Å²) >= 11 is 0. The third kappa shape index (κ3) is 4.99. The molecule has 0 bridgehead atoms. The lowest BCUT2D eigenvalue weighted by atomic mass is 9.88. The van der Waals surface area contributed by atoms with Gasteiger partial charge in [0.05, 0.1) is 5.69 Å². The monoisotopic (exact) mass is 428 g/mol. The molecule has 1 aliphatic heterocycles. The van der Waals surface area contributed by atoms with Crippen molar-refractivity contribution in [2.45, 2.75) is 26.2 Å². The molecule has 0 saturated carbocycles. The molecule has 0 saturated heterocycles. The molecule has 0 spiro atoms. The molecule has 0 radical (unpaired) electrons. The van der Waals surface area contributed by atoms with Gasteiger partial charge < -0.3 is 15.0 Å². The lowest BCUT2D eigenvalue weighted by molar-refractivity contribution is -0.121. The highest BCUT2D eigenvalue weighted by molar-refractivity contribution is 5.99. The van der Waals surface area contributed by atoms with Gasteiger partial charge in [0.1, 0.15) is 5.75 Å². The molecular weight excluding hydrogens is 400 g/mol. The molecule has 0 fully saturated rings. The molecule has 4 rings (SSSR count). The van der Waals surface area contributed by atoms with Crippen molar-refractivity contribution in [3.8, 4) is 5.75 Å². The number of carbonyl (C=O) groups is 2. The summed E-state index contributed by atoms with van der Waals surface area (Å²) in [6, 6.07) is 25.6. The number of nitrogens with one attached hydrogen (secondary N) is 1. The first kappa shape index (κ1) is 21.6. The zero-order valence-corrected chi connectivity index (χ0v) is 18.5. The van der Waals surface area contributed by atoms with E-state index in [9.17, 15) is 9.59 Å². The van der Waals surface area contributed by atoms with Gasteiger partial charge in [0.25, 0.3) is 5.91 Å². The summed E-state index contributed by atoms with van der Waals surface area (Å²) in [5, 5.41) is 3.01. The van der Waals surface area contributed by atoms with Crippen molar-refractivity contribution in [1.82, 2.24) is 0 Å². The second kappa shape index (κ2) is 9.69. The molecule has 5 heteroatoms. The van der Waals surface area contributed by atoms with E-state index in [2.05, 4.69) is 43.4 Å². The lowest BCUT2D eigenvalue weighted by Gasteiger charge is -2.31. The van der Waals surface area contributed by atoms with Crippen LogP contribution in [0.4, 0.5) is 11.4 Å². The molecule has 0 atom stereocenters. The van der Waals surface area contributed by atoms with Crippen LogP contribution < -0.4 is 15.0 Å². The first-order valence-corrected chi connectivity index (χ1v) is 11.0. The number of amides is 2. The standard InChI is InChI=1S/C27H28N2O3/c1-19(2)17-29-24-14-13-22(15-25(24)32-18-27(29)31)28-26(30)16-23(20-9-5-3-6-10-20)21-11-7-4-8-12-21/h3-15,19,23H,16-18H2,1-2H3,(H,28,30). The average molecular weight is 429 g/mol. The Kier molecular flexibility index (Phi) is 6.55. The molecule has 0 unspecified atom stereocenters. The van der Waals surface area contributed by atoms with Crippen LogP contribution in [-0.4, -0.2) is 25.0 Å². The zero-order chi connectivity index (χ0) is 22.5. The summed E-state index contributed by atoms with van der Waals surface area (Å²) in [6.45, 7) is 4.80. The van der Waals surface area contributed by atoms with E-state index in [4.69, 9.17) is 4.74 Å². The molecule has 0 aliphatic carbocycles. The summed E-state index contributed by atoms with van der Waals surface area (Å²) < 4.78 is 5.65. The van der Waals surface area contributed by atoms with Crippen LogP contribution in [0, 0.1) is 5.92 Å². The number of ether oxygens (including phenoxy) is 1. The molecule has 1 aliphatic rings. The smallest absolute Gasteiger partial charge is 0.265 e. The Morgan fingerprint density at radius 1 is 0.969 bits per heavy atom. The molecule has 5 nitrogen and oxygen atoms in total. The topological polar surface area (TPSA) is 58.6 Å². The third-order valence-electron chi connectivity index (χ3n) is 5.53. The number of anilines is 2. The van der Waals surface area contributed by atoms with E-state index in [1.165, 1.54) is 0 Å². The fourth-order valence-electron chi connectivity index (χ4n) is 4.04. The predicted molar refractivity (Wildman–Crippen MR) is 127 cm³/mol. The van der Waals surface area contributed by atoms with Gasteiger partial charge in [0.2, 0.25) is 5.91 Å². The Morgan fingerprint density at radius 2 is 1.59 bits per heavy atom. The molecule has 0 aromatic heterocycles. The van der Waals surface area contributed by atoms with Crippen molar-refractivity contribution >= 4 is 23.2 Å². The van der Waals surface area contributed by atoms with Gasteiger partial charge in [-0.3, -0.25) is 9.59 Å². The Hall–Kier alpha value is -3.60. The van der Waals surface area contributed by atoms with E-state index in [0.717, 1.165) is 16.8 Å². The summed E-state index contributed by atoms with van der Waals surface area (Å²) in [5.41, 5.74) is 3.61. The van der Waals surface area contributed by atoms with Gasteiger partial charge in [-0.25, -0.2) is 0 Å². The SMILES string of the molecule is CC(C)CN1C(=O)COc2cc(NC(=O)CC(c3ccccc3)c3ccccc3)ccc21. The van der Waals surface area contributed by atoms with E-state index in [-0.39, 0.29) is 24.3 Å². The lowest BCUT2D eigenvalue weighted by Crippen LogP contribution is -2.40. The van der Waals surface area contributed by atoms with Gasteiger partial charge in [0.15, 0.2) is 6.61 Å². The number of carbonyl (C=O) groups excluding carboxylic acids is 2. The van der Waals surface area contributed by atoms with E-state index in [0.29, 0.717) is 30.3 Å². The minimum Gasteiger partial charge on any atom is -0.481 e. The van der Waals surface area contributed by atoms with E-state index < -0.39 is 0 Å². The van der Waals surface area contributed by atoms with Crippen LogP contribution in [-0.2, 0) is 9.59 Å². The normalized spacial score (nSPS) is 13.1. The summed E-state index contributed by atoms with van der Waals surface area (Å²) in [5.74, 6) is 0.804. The molecule has 1 N–H and O–H groups in total. The second-order valence-corrected chi connectivity index (χ2v) is 8.50. The first-order valence-electron chi connectivity index (χ1n) is 11.0. The van der Waals surface area contributed by atoms with Crippen LogP contribution in [0.5, 0.6) is 5.75 Å². The highest BCUT2D eigenvalue weighted by Crippen LogP contribution is 2.35. The van der Waals surface area contributed by atoms with Crippen LogP contribution >= 0.6 is 0 Å². The predicted octanol–water partition coefficient (Wildman–Crippen LogP) is 5.23. The maximum absolute atomic E-state index is 13.0. The Labute approximate surface area is 189 Å². The molecule has 3 aromatic rings. The van der Waals surface area contributed by atoms with Crippen molar-refractivity contribution in [3.63, 3.8) is 0 Å². The van der Waals surface area contributed by atoms with Crippen molar-refractivity contribution in [1.29, 1.82) is 0 Å². The fourth-order valence-corrected chi connectivity index (χ4v) is 4.04. The maximum atomic E-state index is 13.0. The van der Waals surface area contributed by atoms with Gasteiger partial charge in [-0.1, -0.05) is 74.5 Å². The van der Waals surface area contributed by atoms with Gasteiger partial charge in [0, 0.05) is 30.6 Å². The van der Waals surface area contributed by atoms with Crippen molar-refractivity contribution in [2.24, 2.45) is 5.92 Å². The Morgan fingerprint density at radius 3 is 2.19 bits per heavy atom. The molecule has 3 aromatic carbocycles. The van der Waals surface area contributed by atoms with E-state index in [1.807, 2.05) is 48.5 Å². The van der Waals surface area contributed by atoms with Gasteiger partial charge in [-0.15, -0.1) is 0 Å². The largest absolute Gasteiger partial charge is 0.481 e. The van der Waals surface area contributed by atoms with E-state index >= 15 is 0 Å². The van der Waals surface area contributed by atoms with Gasteiger partial charge in [-0.2, -0.15) is 0 Å². The Bertz CT molecular complexity index is 1040. The first-order chi connectivity index (χ1) is 15.5. The van der Waals surface area contributed by atoms with Crippen molar-refractivity contribution in [2.75, 3.05) is 23.4 Å². The van der Waals surface area contributed by atoms with Gasteiger partial charge in [-0.05, 0) is 29.2 Å². The molecule has 164 valence electrons. The summed E-state index contributed by atoms with van der Waals surface area (Å²) in [6.07, 6.45) is 0.323.